The zero-order chi connectivity index (χ0) is 13.1. The number of nitrogens with zero attached hydrogens (tertiary/aromatic N) is 3. The lowest BCUT2D eigenvalue weighted by atomic mass is 10.4. The lowest BCUT2D eigenvalue weighted by Gasteiger charge is -2.06. The molecule has 5 nitrogen and oxygen atoms in total. The highest BCUT2D eigenvalue weighted by Crippen LogP contribution is 2.27. The maximum Gasteiger partial charge on any atom is 0.243 e. The smallest absolute Gasteiger partial charge is 0.243 e. The topological polar surface area (TPSA) is 51.5 Å². The maximum absolute atomic E-state index is 5.82. The van der Waals surface area contributed by atoms with Gasteiger partial charge >= 0.3 is 0 Å². The monoisotopic (exact) mass is 274 g/mol. The summed E-state index contributed by atoms with van der Waals surface area (Å²) >= 11 is 1.59. The van der Waals surface area contributed by atoms with Gasteiger partial charge in [0.2, 0.25) is 5.88 Å². The number of rotatable bonds is 5. The second kappa shape index (κ2) is 5.38. The van der Waals surface area contributed by atoms with Crippen LogP contribution in [0.15, 0.2) is 36.1 Å². The van der Waals surface area contributed by atoms with E-state index in [4.69, 9.17) is 4.74 Å². The molecule has 0 fully saturated rings. The molecule has 0 aliphatic heterocycles. The average Bonchev–Trinajstić information content (AvgIpc) is 2.99. The second-order valence-corrected chi connectivity index (χ2v) is 4.86. The Labute approximate surface area is 114 Å². The van der Waals surface area contributed by atoms with Crippen molar-refractivity contribution >= 4 is 16.3 Å². The van der Waals surface area contributed by atoms with Crippen molar-refractivity contribution in [2.24, 2.45) is 0 Å². The number of nitrogens with one attached hydrogen (secondary N) is 1. The third-order valence-corrected chi connectivity index (χ3v) is 3.47. The van der Waals surface area contributed by atoms with Crippen LogP contribution in [0.2, 0.25) is 0 Å². The number of ether oxygens (including phenoxy) is 1. The zero-order valence-electron chi connectivity index (χ0n) is 10.5. The van der Waals surface area contributed by atoms with Gasteiger partial charge in [-0.15, -0.1) is 11.3 Å². The SMILES string of the molecule is CCNCc1c(Oc2cccnc2)nc2sccn12. The molecule has 0 aliphatic rings. The van der Waals surface area contributed by atoms with Crippen LogP contribution < -0.4 is 10.1 Å². The summed E-state index contributed by atoms with van der Waals surface area (Å²) in [6.45, 7) is 3.71. The van der Waals surface area contributed by atoms with Crippen LogP contribution in [-0.4, -0.2) is 20.9 Å². The molecule has 3 aromatic rings. The van der Waals surface area contributed by atoms with Crippen LogP contribution >= 0.6 is 11.3 Å². The highest BCUT2D eigenvalue weighted by molar-refractivity contribution is 7.15. The molecule has 3 heterocycles. The van der Waals surface area contributed by atoms with Crippen molar-refractivity contribution in [3.63, 3.8) is 0 Å². The van der Waals surface area contributed by atoms with Gasteiger partial charge in [0, 0.05) is 24.3 Å². The van der Waals surface area contributed by atoms with E-state index in [9.17, 15) is 0 Å². The Hall–Kier alpha value is -1.92. The third kappa shape index (κ3) is 2.45. The quantitative estimate of drug-likeness (QED) is 0.777. The molecule has 0 amide bonds. The minimum atomic E-state index is 0.640. The predicted octanol–water partition coefficient (Wildman–Crippen LogP) is 2.69. The van der Waals surface area contributed by atoms with Crippen LogP contribution in [-0.2, 0) is 6.54 Å². The van der Waals surface area contributed by atoms with Crippen molar-refractivity contribution in [2.45, 2.75) is 13.5 Å². The molecular weight excluding hydrogens is 260 g/mol. The molecule has 0 saturated heterocycles. The Bertz CT molecular complexity index is 662. The second-order valence-electron chi connectivity index (χ2n) is 3.99. The Morgan fingerprint density at radius 1 is 1.47 bits per heavy atom. The van der Waals surface area contributed by atoms with Crippen molar-refractivity contribution in [2.75, 3.05) is 6.54 Å². The number of fused-ring (bicyclic) bond motifs is 1. The molecule has 0 aliphatic carbocycles. The molecule has 6 heteroatoms. The minimum absolute atomic E-state index is 0.640. The average molecular weight is 274 g/mol. The van der Waals surface area contributed by atoms with Crippen LogP contribution in [0, 0.1) is 0 Å². The lowest BCUT2D eigenvalue weighted by molar-refractivity contribution is 0.454. The molecule has 0 radical (unpaired) electrons. The summed E-state index contributed by atoms with van der Waals surface area (Å²) in [5.41, 5.74) is 1.03. The first-order valence-corrected chi connectivity index (χ1v) is 6.99. The van der Waals surface area contributed by atoms with Crippen LogP contribution in [0.1, 0.15) is 12.6 Å². The molecule has 1 N–H and O–H groups in total. The Balaban J connectivity index is 1.95. The minimum Gasteiger partial charge on any atom is -0.436 e. The fourth-order valence-electron chi connectivity index (χ4n) is 1.82. The van der Waals surface area contributed by atoms with Gasteiger partial charge in [0.15, 0.2) is 4.96 Å². The van der Waals surface area contributed by atoms with Gasteiger partial charge in [0.1, 0.15) is 11.4 Å². The number of hydrogen-bond acceptors (Lipinski definition) is 5. The van der Waals surface area contributed by atoms with Gasteiger partial charge in [0.25, 0.3) is 0 Å². The van der Waals surface area contributed by atoms with Crippen LogP contribution in [0.25, 0.3) is 4.96 Å². The van der Waals surface area contributed by atoms with Crippen molar-refractivity contribution < 1.29 is 4.74 Å². The van der Waals surface area contributed by atoms with Crippen molar-refractivity contribution in [1.29, 1.82) is 0 Å². The summed E-state index contributed by atoms with van der Waals surface area (Å²) in [5.74, 6) is 1.34. The van der Waals surface area contributed by atoms with Crippen molar-refractivity contribution in [1.82, 2.24) is 19.7 Å². The fourth-order valence-corrected chi connectivity index (χ4v) is 2.54. The summed E-state index contributed by atoms with van der Waals surface area (Å²) in [5, 5.41) is 5.33. The molecule has 3 aromatic heterocycles. The Morgan fingerprint density at radius 2 is 2.42 bits per heavy atom. The molecule has 98 valence electrons. The number of imidazole rings is 1. The summed E-state index contributed by atoms with van der Waals surface area (Å²) in [7, 11) is 0. The van der Waals surface area contributed by atoms with E-state index in [1.807, 2.05) is 23.7 Å². The number of pyridine rings is 1. The summed E-state index contributed by atoms with van der Waals surface area (Å²) in [6, 6.07) is 3.72. The molecular formula is C13H14N4OS. The first-order chi connectivity index (χ1) is 9.38. The van der Waals surface area contributed by atoms with E-state index >= 15 is 0 Å². The van der Waals surface area contributed by atoms with E-state index in [1.165, 1.54) is 0 Å². The number of hydrogen-bond donors (Lipinski definition) is 1. The highest BCUT2D eigenvalue weighted by atomic mass is 32.1. The number of thiazole rings is 1. The summed E-state index contributed by atoms with van der Waals surface area (Å²) < 4.78 is 7.88. The van der Waals surface area contributed by atoms with Gasteiger partial charge in [-0.25, -0.2) is 0 Å². The summed E-state index contributed by atoms with van der Waals surface area (Å²) in [6.07, 6.45) is 5.42. The zero-order valence-corrected chi connectivity index (χ0v) is 11.4. The van der Waals surface area contributed by atoms with E-state index in [0.717, 1.165) is 23.7 Å². The molecule has 0 aromatic carbocycles. The maximum atomic E-state index is 5.82. The fraction of sp³-hybridized carbons (Fsp3) is 0.231. The van der Waals surface area contributed by atoms with E-state index in [-0.39, 0.29) is 0 Å². The molecule has 0 atom stereocenters. The van der Waals surface area contributed by atoms with Crippen LogP contribution in [0.5, 0.6) is 11.6 Å². The molecule has 0 unspecified atom stereocenters. The van der Waals surface area contributed by atoms with Gasteiger partial charge in [-0.3, -0.25) is 9.38 Å². The molecule has 0 spiro atoms. The van der Waals surface area contributed by atoms with Crippen LogP contribution in [0.3, 0.4) is 0 Å². The normalized spacial score (nSPS) is 11.0. The van der Waals surface area contributed by atoms with Gasteiger partial charge in [0.05, 0.1) is 6.20 Å². The standard InChI is InChI=1S/C13H14N4OS/c1-2-14-9-11-12(16-13-17(11)6-7-19-13)18-10-4-3-5-15-8-10/h3-8,14H,2,9H2,1H3. The Kier molecular flexibility index (Phi) is 3.43. The lowest BCUT2D eigenvalue weighted by Crippen LogP contribution is -2.13. The first-order valence-electron chi connectivity index (χ1n) is 6.11. The van der Waals surface area contributed by atoms with Gasteiger partial charge in [-0.2, -0.15) is 4.98 Å². The first kappa shape index (κ1) is 12.1. The molecule has 0 saturated carbocycles. The predicted molar refractivity (Wildman–Crippen MR) is 74.8 cm³/mol. The molecule has 19 heavy (non-hydrogen) atoms. The number of aromatic nitrogens is 3. The molecule has 3 rings (SSSR count). The van der Waals surface area contributed by atoms with Gasteiger partial charge < -0.3 is 10.1 Å². The summed E-state index contributed by atoms with van der Waals surface area (Å²) in [4.78, 5) is 9.49. The van der Waals surface area contributed by atoms with E-state index in [1.54, 1.807) is 23.7 Å². The van der Waals surface area contributed by atoms with E-state index < -0.39 is 0 Å². The molecule has 0 bridgehead atoms. The Morgan fingerprint density at radius 3 is 3.21 bits per heavy atom. The van der Waals surface area contributed by atoms with Crippen LogP contribution in [0.4, 0.5) is 0 Å². The van der Waals surface area contributed by atoms with Gasteiger partial charge in [-0.05, 0) is 18.7 Å². The van der Waals surface area contributed by atoms with E-state index in [2.05, 4.69) is 26.6 Å². The highest BCUT2D eigenvalue weighted by Gasteiger charge is 2.14. The third-order valence-electron chi connectivity index (χ3n) is 2.72. The largest absolute Gasteiger partial charge is 0.436 e. The van der Waals surface area contributed by atoms with Crippen molar-refractivity contribution in [3.05, 3.63) is 41.8 Å². The van der Waals surface area contributed by atoms with Gasteiger partial charge in [-0.1, -0.05) is 6.92 Å². The van der Waals surface area contributed by atoms with Crippen molar-refractivity contribution in [3.8, 4) is 11.6 Å². The van der Waals surface area contributed by atoms with E-state index in [0.29, 0.717) is 11.6 Å².